The summed E-state index contributed by atoms with van der Waals surface area (Å²) in [5.41, 5.74) is 3.22. The van der Waals surface area contributed by atoms with E-state index in [2.05, 4.69) is 41.5 Å². The number of ether oxygens (including phenoxy) is 1. The molecule has 0 spiro atoms. The second kappa shape index (κ2) is 13.7. The third-order valence-corrected chi connectivity index (χ3v) is 8.20. The van der Waals surface area contributed by atoms with Crippen LogP contribution < -0.4 is 4.74 Å². The third kappa shape index (κ3) is 7.33. The molecule has 2 saturated heterocycles. The molecule has 0 saturated carbocycles. The Bertz CT molecular complexity index is 1070. The van der Waals surface area contributed by atoms with Gasteiger partial charge in [-0.1, -0.05) is 24.6 Å². The molecule has 1 aromatic rings. The molecule has 4 rings (SSSR count). The maximum absolute atomic E-state index is 14.9. The lowest BCUT2D eigenvalue weighted by molar-refractivity contribution is -0.136. The number of aliphatic imine (C=N–C) groups is 2. The zero-order valence-electron chi connectivity index (χ0n) is 23.1. The largest absolute Gasteiger partial charge is 0.490 e. The summed E-state index contributed by atoms with van der Waals surface area (Å²) in [6.45, 7) is 11.8. The van der Waals surface area contributed by atoms with Crippen LogP contribution in [-0.2, 0) is 4.79 Å². The molecule has 1 amide bonds. The van der Waals surface area contributed by atoms with Gasteiger partial charge in [0.25, 0.3) is 0 Å². The van der Waals surface area contributed by atoms with E-state index in [1.54, 1.807) is 12.1 Å². The third-order valence-electron chi connectivity index (χ3n) is 8.20. The maximum atomic E-state index is 14.9. The SMILES string of the molecule is C=NC(=N/C=C(\C)CC)N1CCC(COc2ccc(C3=CCC(C(=O)N4CCCCC4)CC3)cc2F)CC1. The standard InChI is InChI=1S/C31H43FN4O2/c1-4-23(2)21-34-31(33-3)36-18-14-24(15-19-36)22-38-29-13-12-27(20-28(29)32)25-8-10-26(11-9-25)30(37)35-16-6-5-7-17-35/h8,12-13,20-21,24,26H,3-7,9-11,14-19,22H2,1-2H3/b23-21+,34-31?. The van der Waals surface area contributed by atoms with Crippen molar-refractivity contribution in [1.82, 2.24) is 9.80 Å². The number of guanidine groups is 1. The van der Waals surface area contributed by atoms with Gasteiger partial charge in [-0.05, 0) is 101 Å². The number of amides is 1. The first-order valence-corrected chi connectivity index (χ1v) is 14.3. The van der Waals surface area contributed by atoms with Gasteiger partial charge in [-0.25, -0.2) is 14.4 Å². The molecular formula is C31H43FN4O2. The van der Waals surface area contributed by atoms with Crippen LogP contribution in [0.2, 0.25) is 0 Å². The highest BCUT2D eigenvalue weighted by Crippen LogP contribution is 2.33. The van der Waals surface area contributed by atoms with Gasteiger partial charge in [0, 0.05) is 38.3 Å². The Morgan fingerprint density at radius 1 is 1.13 bits per heavy atom. The van der Waals surface area contributed by atoms with Crippen LogP contribution in [-0.4, -0.2) is 61.2 Å². The van der Waals surface area contributed by atoms with E-state index in [0.717, 1.165) is 88.7 Å². The highest BCUT2D eigenvalue weighted by molar-refractivity contribution is 5.84. The molecule has 3 aliphatic rings. The average Bonchev–Trinajstić information content (AvgIpc) is 2.97. The Labute approximate surface area is 227 Å². The quantitative estimate of drug-likeness (QED) is 0.304. The van der Waals surface area contributed by atoms with Gasteiger partial charge in [0.1, 0.15) is 0 Å². The number of allylic oxidation sites excluding steroid dienone is 3. The number of likely N-dealkylation sites (tertiary alicyclic amines) is 2. The molecule has 2 heterocycles. The number of nitrogens with zero attached hydrogens (tertiary/aromatic N) is 4. The molecule has 1 aliphatic carbocycles. The van der Waals surface area contributed by atoms with Crippen LogP contribution in [0.5, 0.6) is 5.75 Å². The van der Waals surface area contributed by atoms with Crippen LogP contribution in [0.3, 0.4) is 0 Å². The molecule has 2 fully saturated rings. The van der Waals surface area contributed by atoms with Gasteiger partial charge in [0.15, 0.2) is 11.6 Å². The second-order valence-corrected chi connectivity index (χ2v) is 10.9. The van der Waals surface area contributed by atoms with Gasteiger partial charge in [0.2, 0.25) is 11.9 Å². The van der Waals surface area contributed by atoms with Gasteiger partial charge in [0.05, 0.1) is 6.61 Å². The highest BCUT2D eigenvalue weighted by atomic mass is 19.1. The lowest BCUT2D eigenvalue weighted by atomic mass is 9.85. The van der Waals surface area contributed by atoms with Crippen LogP contribution in [0.1, 0.15) is 77.2 Å². The summed E-state index contributed by atoms with van der Waals surface area (Å²) >= 11 is 0. The van der Waals surface area contributed by atoms with Crippen molar-refractivity contribution in [2.75, 3.05) is 32.8 Å². The van der Waals surface area contributed by atoms with Gasteiger partial charge < -0.3 is 14.5 Å². The summed E-state index contributed by atoms with van der Waals surface area (Å²) < 4.78 is 20.8. The van der Waals surface area contributed by atoms with Crippen molar-refractivity contribution in [3.05, 3.63) is 47.4 Å². The Morgan fingerprint density at radius 3 is 2.53 bits per heavy atom. The number of carbonyl (C=O) groups is 1. The number of carbonyl (C=O) groups excluding carboxylic acids is 1. The molecule has 2 aliphatic heterocycles. The molecule has 1 unspecified atom stereocenters. The Hall–Kier alpha value is -2.96. The minimum Gasteiger partial charge on any atom is -0.490 e. The Kier molecular flexibility index (Phi) is 10.1. The second-order valence-electron chi connectivity index (χ2n) is 10.9. The first-order valence-electron chi connectivity index (χ1n) is 14.3. The topological polar surface area (TPSA) is 57.5 Å². The molecular weight excluding hydrogens is 479 g/mol. The summed E-state index contributed by atoms with van der Waals surface area (Å²) in [7, 11) is 0. The summed E-state index contributed by atoms with van der Waals surface area (Å²) in [6.07, 6.45) is 12.7. The molecule has 38 heavy (non-hydrogen) atoms. The van der Waals surface area contributed by atoms with Gasteiger partial charge >= 0.3 is 0 Å². The van der Waals surface area contributed by atoms with E-state index in [-0.39, 0.29) is 11.7 Å². The molecule has 0 aromatic heterocycles. The normalized spacial score (nSPS) is 21.8. The minimum absolute atomic E-state index is 0.0669. The number of rotatable bonds is 7. The monoisotopic (exact) mass is 522 g/mol. The fraction of sp³-hybridized carbons (Fsp3) is 0.581. The van der Waals surface area contributed by atoms with Crippen LogP contribution >= 0.6 is 0 Å². The number of benzene rings is 1. The zero-order valence-corrected chi connectivity index (χ0v) is 23.1. The number of hydrogen-bond acceptors (Lipinski definition) is 3. The summed E-state index contributed by atoms with van der Waals surface area (Å²) in [5.74, 6) is 1.38. The van der Waals surface area contributed by atoms with Gasteiger partial charge in [-0.3, -0.25) is 4.79 Å². The van der Waals surface area contributed by atoms with Crippen molar-refractivity contribution in [2.24, 2.45) is 21.8 Å². The van der Waals surface area contributed by atoms with Crippen molar-refractivity contribution >= 4 is 24.2 Å². The summed E-state index contributed by atoms with van der Waals surface area (Å²) in [6, 6.07) is 5.28. The predicted octanol–water partition coefficient (Wildman–Crippen LogP) is 6.48. The van der Waals surface area contributed by atoms with Gasteiger partial charge in [-0.15, -0.1) is 0 Å². The average molecular weight is 523 g/mol. The van der Waals surface area contributed by atoms with E-state index in [4.69, 9.17) is 4.74 Å². The number of hydrogen-bond donors (Lipinski definition) is 0. The molecule has 0 bridgehead atoms. The Balaban J connectivity index is 1.26. The van der Waals surface area contributed by atoms with E-state index < -0.39 is 0 Å². The van der Waals surface area contributed by atoms with Crippen molar-refractivity contribution in [3.63, 3.8) is 0 Å². The molecule has 1 aromatic carbocycles. The molecule has 6 nitrogen and oxygen atoms in total. The molecule has 0 radical (unpaired) electrons. The molecule has 0 N–H and O–H groups in total. The van der Waals surface area contributed by atoms with E-state index in [1.807, 2.05) is 17.2 Å². The maximum Gasteiger partial charge on any atom is 0.226 e. The molecule has 1 atom stereocenters. The van der Waals surface area contributed by atoms with E-state index in [0.29, 0.717) is 30.1 Å². The van der Waals surface area contributed by atoms with Crippen LogP contribution in [0.25, 0.3) is 5.57 Å². The van der Waals surface area contributed by atoms with Crippen LogP contribution in [0.15, 0.2) is 46.0 Å². The van der Waals surface area contributed by atoms with Crippen LogP contribution in [0.4, 0.5) is 4.39 Å². The predicted molar refractivity (Wildman–Crippen MR) is 153 cm³/mol. The molecule has 206 valence electrons. The summed E-state index contributed by atoms with van der Waals surface area (Å²) in [5, 5.41) is 0. The number of halogens is 1. The fourth-order valence-electron chi connectivity index (χ4n) is 5.50. The van der Waals surface area contributed by atoms with Crippen molar-refractivity contribution in [1.29, 1.82) is 0 Å². The smallest absolute Gasteiger partial charge is 0.226 e. The first-order chi connectivity index (χ1) is 18.5. The zero-order chi connectivity index (χ0) is 26.9. The van der Waals surface area contributed by atoms with Crippen molar-refractivity contribution < 1.29 is 13.9 Å². The van der Waals surface area contributed by atoms with Crippen molar-refractivity contribution in [3.8, 4) is 5.75 Å². The van der Waals surface area contributed by atoms with Crippen LogP contribution in [0, 0.1) is 17.7 Å². The van der Waals surface area contributed by atoms with E-state index in [9.17, 15) is 9.18 Å². The first kappa shape index (κ1) is 28.1. The van der Waals surface area contributed by atoms with Gasteiger partial charge in [-0.2, -0.15) is 0 Å². The van der Waals surface area contributed by atoms with Crippen molar-refractivity contribution in [2.45, 2.75) is 71.6 Å². The minimum atomic E-state index is -0.323. The van der Waals surface area contributed by atoms with E-state index in [1.165, 1.54) is 12.0 Å². The number of piperidine rings is 2. The summed E-state index contributed by atoms with van der Waals surface area (Å²) in [4.78, 5) is 25.6. The lowest BCUT2D eigenvalue weighted by Crippen LogP contribution is -2.40. The lowest BCUT2D eigenvalue weighted by Gasteiger charge is -2.32. The van der Waals surface area contributed by atoms with E-state index >= 15 is 0 Å². The highest BCUT2D eigenvalue weighted by Gasteiger charge is 2.27. The molecule has 7 heteroatoms. The Morgan fingerprint density at radius 2 is 1.89 bits per heavy atom. The fourth-order valence-corrected chi connectivity index (χ4v) is 5.50.